The van der Waals surface area contributed by atoms with Gasteiger partial charge in [-0.1, -0.05) is 12.1 Å². The molecule has 0 aliphatic rings. The van der Waals surface area contributed by atoms with E-state index in [0.29, 0.717) is 19.2 Å². The van der Waals surface area contributed by atoms with Gasteiger partial charge in [0.25, 0.3) is 0 Å². The first-order valence-corrected chi connectivity index (χ1v) is 9.58. The molecule has 0 atom stereocenters. The van der Waals surface area contributed by atoms with Crippen LogP contribution >= 0.6 is 0 Å². The zero-order valence-electron chi connectivity index (χ0n) is 16.7. The summed E-state index contributed by atoms with van der Waals surface area (Å²) in [5.74, 6) is 1.51. The molecule has 0 radical (unpaired) electrons. The Labute approximate surface area is 166 Å². The molecule has 0 amide bonds. The van der Waals surface area contributed by atoms with Gasteiger partial charge in [0.15, 0.2) is 5.96 Å². The number of rotatable bonds is 11. The van der Waals surface area contributed by atoms with Crippen LogP contribution in [0.2, 0.25) is 0 Å². The number of hydrogen-bond acceptors (Lipinski definition) is 4. The van der Waals surface area contributed by atoms with Crippen LogP contribution in [0.5, 0.6) is 5.75 Å². The highest BCUT2D eigenvalue weighted by atomic mass is 16.5. The second-order valence-corrected chi connectivity index (χ2v) is 6.29. The number of ether oxygens (including phenoxy) is 2. The highest BCUT2D eigenvalue weighted by molar-refractivity contribution is 5.93. The number of aromatic nitrogens is 1. The number of guanidine groups is 1. The maximum absolute atomic E-state index is 11.7. The largest absolute Gasteiger partial charge is 0.493 e. The van der Waals surface area contributed by atoms with Crippen LogP contribution in [0.25, 0.3) is 0 Å². The predicted molar refractivity (Wildman–Crippen MR) is 113 cm³/mol. The molecule has 7 heteroatoms. The van der Waals surface area contributed by atoms with Crippen LogP contribution in [0, 0.1) is 0 Å². The number of pyridine rings is 1. The minimum atomic E-state index is 0.0391. The molecule has 0 fully saturated rings. The van der Waals surface area contributed by atoms with E-state index in [1.165, 1.54) is 0 Å². The van der Waals surface area contributed by atoms with Crippen molar-refractivity contribution >= 4 is 11.6 Å². The van der Waals surface area contributed by atoms with Gasteiger partial charge < -0.3 is 24.7 Å². The maximum Gasteiger partial charge on any atom is 0.250 e. The molecule has 0 saturated heterocycles. The first kappa shape index (κ1) is 21.5. The molecule has 0 aliphatic carbocycles. The second-order valence-electron chi connectivity index (χ2n) is 6.29. The molecule has 0 unspecified atom stereocenters. The average Bonchev–Trinajstić information content (AvgIpc) is 2.71. The molecule has 28 heavy (non-hydrogen) atoms. The first-order chi connectivity index (χ1) is 13.7. The Morgan fingerprint density at radius 3 is 2.79 bits per heavy atom. The summed E-state index contributed by atoms with van der Waals surface area (Å²) in [6.45, 7) is 2.80. The molecule has 0 spiro atoms. The van der Waals surface area contributed by atoms with E-state index in [0.717, 1.165) is 43.8 Å². The fourth-order valence-electron chi connectivity index (χ4n) is 2.63. The van der Waals surface area contributed by atoms with E-state index in [9.17, 15) is 4.79 Å². The summed E-state index contributed by atoms with van der Waals surface area (Å²) in [5.41, 5.74) is 0.949. The van der Waals surface area contributed by atoms with E-state index in [-0.39, 0.29) is 5.56 Å². The zero-order valence-corrected chi connectivity index (χ0v) is 16.7. The van der Waals surface area contributed by atoms with Gasteiger partial charge in [0.1, 0.15) is 5.75 Å². The average molecular weight is 386 g/mol. The Bertz CT molecular complexity index is 789. The molecule has 2 aromatic rings. The molecule has 2 rings (SSSR count). The summed E-state index contributed by atoms with van der Waals surface area (Å²) in [5, 5.41) is 6.56. The molecule has 0 aliphatic heterocycles. The molecule has 0 bridgehead atoms. The van der Waals surface area contributed by atoms with Crippen molar-refractivity contribution < 1.29 is 9.47 Å². The van der Waals surface area contributed by atoms with Crippen LogP contribution in [0.4, 0.5) is 5.69 Å². The van der Waals surface area contributed by atoms with E-state index in [2.05, 4.69) is 15.6 Å². The van der Waals surface area contributed by atoms with Crippen LogP contribution in [0.3, 0.4) is 0 Å². The summed E-state index contributed by atoms with van der Waals surface area (Å²) in [6, 6.07) is 13.0. The summed E-state index contributed by atoms with van der Waals surface area (Å²) < 4.78 is 12.5. The van der Waals surface area contributed by atoms with Gasteiger partial charge in [-0.3, -0.25) is 9.79 Å². The van der Waals surface area contributed by atoms with Gasteiger partial charge in [0, 0.05) is 64.3 Å². The van der Waals surface area contributed by atoms with E-state index in [1.54, 1.807) is 30.9 Å². The normalized spacial score (nSPS) is 11.3. The number of nitrogens with one attached hydrogen (secondary N) is 2. The summed E-state index contributed by atoms with van der Waals surface area (Å²) in [4.78, 5) is 15.9. The minimum absolute atomic E-state index is 0.0391. The predicted octanol–water partition coefficient (Wildman–Crippen LogP) is 2.73. The van der Waals surface area contributed by atoms with Crippen molar-refractivity contribution in [2.24, 2.45) is 4.99 Å². The Balaban J connectivity index is 1.72. The van der Waals surface area contributed by atoms with Crippen molar-refractivity contribution in [3.8, 4) is 5.75 Å². The van der Waals surface area contributed by atoms with Crippen molar-refractivity contribution in [3.63, 3.8) is 0 Å². The number of aliphatic imine (C=N–C) groups is 1. The minimum Gasteiger partial charge on any atom is -0.493 e. The van der Waals surface area contributed by atoms with Crippen molar-refractivity contribution in [1.82, 2.24) is 9.88 Å². The van der Waals surface area contributed by atoms with Crippen LogP contribution in [-0.2, 0) is 11.3 Å². The van der Waals surface area contributed by atoms with Crippen molar-refractivity contribution in [1.29, 1.82) is 0 Å². The van der Waals surface area contributed by atoms with Crippen LogP contribution in [-0.4, -0.2) is 44.4 Å². The highest BCUT2D eigenvalue weighted by Crippen LogP contribution is 2.17. The van der Waals surface area contributed by atoms with Gasteiger partial charge in [0.05, 0.1) is 6.61 Å². The number of benzene rings is 1. The van der Waals surface area contributed by atoms with Crippen molar-refractivity contribution in [2.75, 3.05) is 39.2 Å². The third-order valence-corrected chi connectivity index (χ3v) is 4.10. The third kappa shape index (κ3) is 7.84. The molecule has 1 heterocycles. The number of aryl methyl sites for hydroxylation is 1. The van der Waals surface area contributed by atoms with Crippen LogP contribution in [0.1, 0.15) is 19.3 Å². The third-order valence-electron chi connectivity index (χ3n) is 4.10. The number of unbranched alkanes of at least 4 members (excludes halogenated alkanes) is 1. The lowest BCUT2D eigenvalue weighted by molar-refractivity contribution is 0.172. The fraction of sp³-hybridized carbons (Fsp3) is 0.429. The standard InChI is InChI=1S/C21H30N4O3/c1-22-21(23-12-4-6-14-25-13-5-3-11-20(25)26)24-18-9-7-10-19(17-18)28-16-8-15-27-2/h3,5,7,9-11,13,17H,4,6,8,12,14-16H2,1-2H3,(H2,22,23,24). The van der Waals surface area contributed by atoms with Crippen LogP contribution in [0.15, 0.2) is 58.4 Å². The number of anilines is 1. The molecule has 0 saturated carbocycles. The zero-order chi connectivity index (χ0) is 20.0. The lowest BCUT2D eigenvalue weighted by atomic mass is 10.3. The number of methoxy groups -OCH3 is 1. The topological polar surface area (TPSA) is 76.9 Å². The Kier molecular flexibility index (Phi) is 9.65. The molecule has 1 aromatic heterocycles. The van der Waals surface area contributed by atoms with Gasteiger partial charge >= 0.3 is 0 Å². The molecular weight excluding hydrogens is 356 g/mol. The second kappa shape index (κ2) is 12.6. The number of nitrogens with zero attached hydrogens (tertiary/aromatic N) is 2. The Morgan fingerprint density at radius 2 is 2.00 bits per heavy atom. The quantitative estimate of drug-likeness (QED) is 0.353. The maximum atomic E-state index is 11.7. The Morgan fingerprint density at radius 1 is 1.11 bits per heavy atom. The monoisotopic (exact) mass is 386 g/mol. The number of hydrogen-bond donors (Lipinski definition) is 2. The lowest BCUT2D eigenvalue weighted by Crippen LogP contribution is -2.31. The van der Waals surface area contributed by atoms with Crippen LogP contribution < -0.4 is 20.9 Å². The van der Waals surface area contributed by atoms with Gasteiger partial charge in [0.2, 0.25) is 5.56 Å². The SMILES string of the molecule is CN=C(NCCCCn1ccccc1=O)Nc1cccc(OCCCOC)c1. The molecular formula is C21H30N4O3. The Hall–Kier alpha value is -2.80. The molecule has 1 aromatic carbocycles. The summed E-state index contributed by atoms with van der Waals surface area (Å²) in [7, 11) is 3.43. The van der Waals surface area contributed by atoms with Gasteiger partial charge in [-0.15, -0.1) is 0 Å². The fourth-order valence-corrected chi connectivity index (χ4v) is 2.63. The van der Waals surface area contributed by atoms with Gasteiger partial charge in [-0.2, -0.15) is 0 Å². The smallest absolute Gasteiger partial charge is 0.250 e. The van der Waals surface area contributed by atoms with E-state index in [4.69, 9.17) is 9.47 Å². The first-order valence-electron chi connectivity index (χ1n) is 9.58. The van der Waals surface area contributed by atoms with Gasteiger partial charge in [-0.05, 0) is 31.0 Å². The van der Waals surface area contributed by atoms with Gasteiger partial charge in [-0.25, -0.2) is 0 Å². The molecule has 7 nitrogen and oxygen atoms in total. The highest BCUT2D eigenvalue weighted by Gasteiger charge is 2.02. The van der Waals surface area contributed by atoms with E-state index >= 15 is 0 Å². The van der Waals surface area contributed by atoms with Crippen molar-refractivity contribution in [2.45, 2.75) is 25.8 Å². The van der Waals surface area contributed by atoms with E-state index in [1.807, 2.05) is 36.5 Å². The molecule has 2 N–H and O–H groups in total. The summed E-state index contributed by atoms with van der Waals surface area (Å²) >= 11 is 0. The molecule has 152 valence electrons. The van der Waals surface area contributed by atoms with Crippen molar-refractivity contribution in [3.05, 3.63) is 59.0 Å². The lowest BCUT2D eigenvalue weighted by Gasteiger charge is -2.13. The van der Waals surface area contributed by atoms with E-state index < -0.39 is 0 Å². The summed E-state index contributed by atoms with van der Waals surface area (Å²) in [6.07, 6.45) is 4.52.